The van der Waals surface area contributed by atoms with Crippen molar-refractivity contribution < 1.29 is 19.2 Å². The van der Waals surface area contributed by atoms with Crippen LogP contribution in [0.5, 0.6) is 0 Å². The Balaban J connectivity index is 1.48. The average Bonchev–Trinajstić information content (AvgIpc) is 3.26. The number of hydrogen-bond donors (Lipinski definition) is 5. The standard InChI is InChI=1S/C37H55N7O4/c1-25(2)20-32(35(46)40-31(16-10-11-19-38)37(48)44-23-28-17-18-29(24-44)43(28)3)42-36(47)33(22-27-14-8-5-9-15-27)41-34(45)30(39)21-26-12-6-4-7-13-26/h4-9,12-15,25,28-33H,10-11,16-24,38-39H2,1-3H3,(H,40,46)(H,41,45)(H,42,47). The van der Waals surface area contributed by atoms with Crippen LogP contribution in [0, 0.1) is 5.92 Å². The maximum absolute atomic E-state index is 13.9. The Labute approximate surface area is 285 Å². The highest BCUT2D eigenvalue weighted by molar-refractivity contribution is 5.95. The van der Waals surface area contributed by atoms with Gasteiger partial charge in [-0.05, 0) is 75.6 Å². The summed E-state index contributed by atoms with van der Waals surface area (Å²) in [5, 5.41) is 8.79. The predicted molar refractivity (Wildman–Crippen MR) is 188 cm³/mol. The van der Waals surface area contributed by atoms with Gasteiger partial charge in [0, 0.05) is 31.6 Å². The first-order chi connectivity index (χ1) is 23.0. The number of likely N-dealkylation sites (tertiary alicyclic amines) is 1. The third-order valence-corrected chi connectivity index (χ3v) is 9.61. The van der Waals surface area contributed by atoms with Gasteiger partial charge in [0.2, 0.25) is 23.6 Å². The maximum Gasteiger partial charge on any atom is 0.245 e. The lowest BCUT2D eigenvalue weighted by molar-refractivity contribution is -0.140. The molecule has 2 fully saturated rings. The second-order valence-electron chi connectivity index (χ2n) is 13.9. The third-order valence-electron chi connectivity index (χ3n) is 9.61. The van der Waals surface area contributed by atoms with Gasteiger partial charge in [-0.1, -0.05) is 74.5 Å². The smallest absolute Gasteiger partial charge is 0.245 e. The molecule has 0 radical (unpaired) electrons. The zero-order chi connectivity index (χ0) is 34.6. The van der Waals surface area contributed by atoms with E-state index < -0.39 is 41.9 Å². The molecule has 0 aromatic heterocycles. The van der Waals surface area contributed by atoms with Crippen LogP contribution < -0.4 is 27.4 Å². The lowest BCUT2D eigenvalue weighted by Crippen LogP contribution is -2.60. The topological polar surface area (TPSA) is 163 Å². The van der Waals surface area contributed by atoms with E-state index in [1.54, 1.807) is 0 Å². The Hall–Kier alpha value is -3.80. The van der Waals surface area contributed by atoms with E-state index in [1.165, 1.54) is 0 Å². The highest BCUT2D eigenvalue weighted by atomic mass is 16.2. The zero-order valence-corrected chi connectivity index (χ0v) is 28.8. The van der Waals surface area contributed by atoms with Gasteiger partial charge in [-0.3, -0.25) is 24.1 Å². The monoisotopic (exact) mass is 661 g/mol. The van der Waals surface area contributed by atoms with Crippen molar-refractivity contribution in [3.8, 4) is 0 Å². The normalized spacial score (nSPS) is 20.1. The van der Waals surface area contributed by atoms with Crippen molar-refractivity contribution in [2.75, 3.05) is 26.7 Å². The summed E-state index contributed by atoms with van der Waals surface area (Å²) in [6, 6.07) is 16.1. The number of carbonyl (C=O) groups excluding carboxylic acids is 4. The van der Waals surface area contributed by atoms with Crippen LogP contribution in [0.1, 0.15) is 63.5 Å². The second-order valence-corrected chi connectivity index (χ2v) is 13.9. The number of nitrogens with two attached hydrogens (primary N) is 2. The van der Waals surface area contributed by atoms with E-state index in [0.29, 0.717) is 57.4 Å². The summed E-state index contributed by atoms with van der Waals surface area (Å²) in [5.74, 6) is -1.36. The van der Waals surface area contributed by atoms with Gasteiger partial charge in [0.25, 0.3) is 0 Å². The fourth-order valence-corrected chi connectivity index (χ4v) is 6.81. The minimum Gasteiger partial charge on any atom is -0.343 e. The van der Waals surface area contributed by atoms with E-state index in [9.17, 15) is 19.2 Å². The van der Waals surface area contributed by atoms with Crippen molar-refractivity contribution in [3.05, 3.63) is 71.8 Å². The number of fused-ring (bicyclic) bond motifs is 2. The van der Waals surface area contributed by atoms with Crippen LogP contribution in [-0.2, 0) is 32.0 Å². The molecular weight excluding hydrogens is 606 g/mol. The van der Waals surface area contributed by atoms with Crippen molar-refractivity contribution in [2.24, 2.45) is 17.4 Å². The molecule has 4 amide bonds. The lowest BCUT2D eigenvalue weighted by atomic mass is 9.99. The fourth-order valence-electron chi connectivity index (χ4n) is 6.81. The molecule has 262 valence electrons. The fraction of sp³-hybridized carbons (Fsp3) is 0.568. The number of benzene rings is 2. The highest BCUT2D eigenvalue weighted by Crippen LogP contribution is 2.29. The molecule has 6 atom stereocenters. The Kier molecular flexibility index (Phi) is 14.0. The first-order valence-electron chi connectivity index (χ1n) is 17.5. The molecule has 2 aliphatic heterocycles. The van der Waals surface area contributed by atoms with Gasteiger partial charge in [0.15, 0.2) is 0 Å². The molecule has 11 heteroatoms. The Morgan fingerprint density at radius 2 is 1.27 bits per heavy atom. The summed E-state index contributed by atoms with van der Waals surface area (Å²) in [6.07, 6.45) is 4.94. The van der Waals surface area contributed by atoms with Gasteiger partial charge in [-0.15, -0.1) is 0 Å². The quantitative estimate of drug-likeness (QED) is 0.161. The average molecular weight is 662 g/mol. The van der Waals surface area contributed by atoms with Gasteiger partial charge >= 0.3 is 0 Å². The third kappa shape index (κ3) is 10.6. The molecule has 6 unspecified atom stereocenters. The number of amides is 4. The summed E-state index contributed by atoms with van der Waals surface area (Å²) < 4.78 is 0. The van der Waals surface area contributed by atoms with Gasteiger partial charge in [0.05, 0.1) is 6.04 Å². The molecule has 48 heavy (non-hydrogen) atoms. The van der Waals surface area contributed by atoms with Gasteiger partial charge in [-0.25, -0.2) is 0 Å². The second kappa shape index (κ2) is 18.1. The zero-order valence-electron chi connectivity index (χ0n) is 28.8. The molecule has 0 saturated carbocycles. The summed E-state index contributed by atoms with van der Waals surface area (Å²) in [6.45, 7) is 5.75. The molecule has 2 aliphatic rings. The minimum absolute atomic E-state index is 0.0714. The number of likely N-dealkylation sites (N-methyl/N-ethyl adjacent to an activating group) is 1. The number of piperazine rings is 1. The van der Waals surface area contributed by atoms with E-state index in [-0.39, 0.29) is 18.2 Å². The number of nitrogens with zero attached hydrogens (tertiary/aromatic N) is 2. The molecule has 2 saturated heterocycles. The number of carbonyl (C=O) groups is 4. The van der Waals surface area contributed by atoms with Crippen molar-refractivity contribution in [1.82, 2.24) is 25.8 Å². The van der Waals surface area contributed by atoms with Crippen molar-refractivity contribution in [2.45, 2.75) is 101 Å². The molecular formula is C37H55N7O4. The van der Waals surface area contributed by atoms with Crippen LogP contribution in [0.2, 0.25) is 0 Å². The molecule has 2 heterocycles. The number of rotatable bonds is 17. The van der Waals surface area contributed by atoms with E-state index in [2.05, 4.69) is 27.9 Å². The predicted octanol–water partition coefficient (Wildman–Crippen LogP) is 1.73. The number of hydrogen-bond acceptors (Lipinski definition) is 7. The summed E-state index contributed by atoms with van der Waals surface area (Å²) in [7, 11) is 2.12. The van der Waals surface area contributed by atoms with E-state index in [4.69, 9.17) is 11.5 Å². The van der Waals surface area contributed by atoms with Gasteiger partial charge in [-0.2, -0.15) is 0 Å². The van der Waals surface area contributed by atoms with Crippen LogP contribution in [0.15, 0.2) is 60.7 Å². The molecule has 4 rings (SSSR count). The molecule has 2 aromatic rings. The first-order valence-corrected chi connectivity index (χ1v) is 17.5. The van der Waals surface area contributed by atoms with Crippen molar-refractivity contribution >= 4 is 23.6 Å². The molecule has 7 N–H and O–H groups in total. The first kappa shape index (κ1) is 37.0. The van der Waals surface area contributed by atoms with E-state index >= 15 is 0 Å². The maximum atomic E-state index is 13.9. The molecule has 0 spiro atoms. The highest BCUT2D eigenvalue weighted by Gasteiger charge is 2.41. The minimum atomic E-state index is -0.966. The molecule has 11 nitrogen and oxygen atoms in total. The lowest BCUT2D eigenvalue weighted by Gasteiger charge is -2.40. The van der Waals surface area contributed by atoms with Crippen LogP contribution in [0.3, 0.4) is 0 Å². The Bertz CT molecular complexity index is 1330. The van der Waals surface area contributed by atoms with Crippen LogP contribution in [-0.4, -0.2) is 96.4 Å². The summed E-state index contributed by atoms with van der Waals surface area (Å²) in [5.41, 5.74) is 13.8. The molecule has 2 aromatic carbocycles. The van der Waals surface area contributed by atoms with Crippen LogP contribution >= 0.6 is 0 Å². The van der Waals surface area contributed by atoms with Crippen LogP contribution in [0.4, 0.5) is 0 Å². The Morgan fingerprint density at radius 3 is 1.83 bits per heavy atom. The van der Waals surface area contributed by atoms with Gasteiger partial charge < -0.3 is 32.3 Å². The number of unbranched alkanes of at least 4 members (excludes halogenated alkanes) is 1. The van der Waals surface area contributed by atoms with Crippen molar-refractivity contribution in [1.29, 1.82) is 0 Å². The Morgan fingerprint density at radius 1 is 0.750 bits per heavy atom. The molecule has 2 bridgehead atoms. The van der Waals surface area contributed by atoms with Crippen molar-refractivity contribution in [3.63, 3.8) is 0 Å². The largest absolute Gasteiger partial charge is 0.343 e. The summed E-state index contributed by atoms with van der Waals surface area (Å²) >= 11 is 0. The number of nitrogens with one attached hydrogen (secondary N) is 3. The SMILES string of the molecule is CC(C)CC(NC(=O)C(Cc1ccccc1)NC(=O)C(N)Cc1ccccc1)C(=O)NC(CCCCN)C(=O)N1CC2CCC(C1)N2C. The van der Waals surface area contributed by atoms with Gasteiger partial charge in [0.1, 0.15) is 18.1 Å². The van der Waals surface area contributed by atoms with E-state index in [1.807, 2.05) is 79.4 Å². The van der Waals surface area contributed by atoms with E-state index in [0.717, 1.165) is 30.4 Å². The molecule has 0 aliphatic carbocycles. The summed E-state index contributed by atoms with van der Waals surface area (Å²) in [4.78, 5) is 59.2. The van der Waals surface area contributed by atoms with Crippen LogP contribution in [0.25, 0.3) is 0 Å².